The van der Waals surface area contributed by atoms with Crippen LogP contribution in [0.15, 0.2) is 84.9 Å². The second-order valence-electron chi connectivity index (χ2n) is 5.94. The van der Waals surface area contributed by atoms with Crippen molar-refractivity contribution in [3.8, 4) is 28.5 Å². The Kier molecular flexibility index (Phi) is 4.39. The fraction of sp³-hybridized carbons (Fsp3) is 0.0455. The van der Waals surface area contributed by atoms with E-state index in [1.165, 1.54) is 0 Å². The van der Waals surface area contributed by atoms with Crippen LogP contribution in [0.3, 0.4) is 0 Å². The Labute approximate surface area is 151 Å². The summed E-state index contributed by atoms with van der Waals surface area (Å²) in [5.74, 6) is 1.90. The first-order valence-corrected chi connectivity index (χ1v) is 8.42. The Balaban J connectivity index is 1.83. The van der Waals surface area contributed by atoms with Crippen molar-refractivity contribution in [2.75, 3.05) is 0 Å². The summed E-state index contributed by atoms with van der Waals surface area (Å²) in [6.07, 6.45) is 0.601. The number of rotatable bonds is 4. The normalized spacial score (nSPS) is 10.6. The Morgan fingerprint density at radius 3 is 1.96 bits per heavy atom. The average Bonchev–Trinajstić information content (AvgIpc) is 2.69. The van der Waals surface area contributed by atoms with Crippen molar-refractivity contribution in [2.24, 2.45) is 0 Å². The van der Waals surface area contributed by atoms with Crippen LogP contribution in [-0.2, 0) is 6.42 Å². The first-order valence-electron chi connectivity index (χ1n) is 8.42. The highest BCUT2D eigenvalue weighted by molar-refractivity contribution is 5.66. The highest BCUT2D eigenvalue weighted by Gasteiger charge is 2.13. The minimum absolute atomic E-state index is 0.156. The third-order valence-electron chi connectivity index (χ3n) is 4.06. The Morgan fingerprint density at radius 2 is 1.23 bits per heavy atom. The van der Waals surface area contributed by atoms with Crippen molar-refractivity contribution in [1.29, 1.82) is 0 Å². The quantitative estimate of drug-likeness (QED) is 0.594. The Hall–Kier alpha value is -3.53. The van der Waals surface area contributed by atoms with Gasteiger partial charge in [-0.25, -0.2) is 15.0 Å². The van der Waals surface area contributed by atoms with Crippen LogP contribution in [0.4, 0.5) is 0 Å². The maximum Gasteiger partial charge on any atom is 0.167 e. The van der Waals surface area contributed by atoms with E-state index in [2.05, 4.69) is 15.0 Å². The number of phenols is 1. The van der Waals surface area contributed by atoms with Gasteiger partial charge < -0.3 is 5.11 Å². The summed E-state index contributed by atoms with van der Waals surface area (Å²) < 4.78 is 0. The van der Waals surface area contributed by atoms with Gasteiger partial charge in [-0.15, -0.1) is 0 Å². The zero-order chi connectivity index (χ0) is 17.8. The van der Waals surface area contributed by atoms with E-state index in [1.807, 2.05) is 72.8 Å². The Bertz CT molecular complexity index is 1020. The summed E-state index contributed by atoms with van der Waals surface area (Å²) in [7, 11) is 0. The van der Waals surface area contributed by atoms with E-state index in [0.29, 0.717) is 29.5 Å². The van der Waals surface area contributed by atoms with Gasteiger partial charge in [-0.2, -0.15) is 0 Å². The lowest BCUT2D eigenvalue weighted by Crippen LogP contribution is -2.04. The van der Waals surface area contributed by atoms with Crippen LogP contribution < -0.4 is 0 Å². The molecule has 1 heterocycles. The number of phenolic OH excluding ortho intramolecular Hbond substituents is 1. The summed E-state index contributed by atoms with van der Waals surface area (Å²) in [6, 6.07) is 27.0. The highest BCUT2D eigenvalue weighted by atomic mass is 16.3. The second kappa shape index (κ2) is 7.15. The predicted molar refractivity (Wildman–Crippen MR) is 102 cm³/mol. The fourth-order valence-corrected chi connectivity index (χ4v) is 2.78. The topological polar surface area (TPSA) is 58.9 Å². The van der Waals surface area contributed by atoms with Crippen LogP contribution >= 0.6 is 0 Å². The molecule has 26 heavy (non-hydrogen) atoms. The van der Waals surface area contributed by atoms with E-state index < -0.39 is 0 Å². The molecule has 0 unspecified atom stereocenters. The molecule has 1 aromatic heterocycles. The molecule has 0 saturated carbocycles. The van der Waals surface area contributed by atoms with Gasteiger partial charge in [0.1, 0.15) is 11.6 Å². The fourth-order valence-electron chi connectivity index (χ4n) is 2.78. The number of aromatic hydroxyl groups is 1. The predicted octanol–water partition coefficient (Wildman–Crippen LogP) is 4.50. The van der Waals surface area contributed by atoms with Gasteiger partial charge in [-0.1, -0.05) is 72.8 Å². The van der Waals surface area contributed by atoms with Crippen LogP contribution in [0, 0.1) is 0 Å². The molecule has 126 valence electrons. The number of para-hydroxylation sites is 1. The Morgan fingerprint density at radius 1 is 0.615 bits per heavy atom. The molecule has 0 fully saturated rings. The molecule has 3 aromatic carbocycles. The molecule has 0 aliphatic heterocycles. The van der Waals surface area contributed by atoms with Gasteiger partial charge in [0.05, 0.1) is 5.56 Å². The zero-order valence-corrected chi connectivity index (χ0v) is 14.1. The maximum absolute atomic E-state index is 10.2. The lowest BCUT2D eigenvalue weighted by atomic mass is 10.1. The standard InChI is InChI=1S/C22H17N3O/c26-19-14-8-7-13-18(19)22-24-20(15-16-9-3-1-4-10-16)23-21(25-22)17-11-5-2-6-12-17/h1-14,26H,15H2. The van der Waals surface area contributed by atoms with Gasteiger partial charge in [0.15, 0.2) is 11.6 Å². The number of nitrogens with zero attached hydrogens (tertiary/aromatic N) is 3. The SMILES string of the molecule is Oc1ccccc1-c1nc(Cc2ccccc2)nc(-c2ccccc2)n1. The van der Waals surface area contributed by atoms with Gasteiger partial charge in [0.25, 0.3) is 0 Å². The maximum atomic E-state index is 10.2. The van der Waals surface area contributed by atoms with Crippen molar-refractivity contribution in [2.45, 2.75) is 6.42 Å². The number of hydrogen-bond acceptors (Lipinski definition) is 4. The van der Waals surface area contributed by atoms with Crippen LogP contribution in [-0.4, -0.2) is 20.1 Å². The summed E-state index contributed by atoms with van der Waals surface area (Å²) in [5.41, 5.74) is 2.64. The lowest BCUT2D eigenvalue weighted by Gasteiger charge is -2.09. The van der Waals surface area contributed by atoms with E-state index >= 15 is 0 Å². The van der Waals surface area contributed by atoms with Gasteiger partial charge in [0, 0.05) is 12.0 Å². The molecule has 4 nitrogen and oxygen atoms in total. The van der Waals surface area contributed by atoms with Crippen molar-refractivity contribution in [1.82, 2.24) is 15.0 Å². The molecular formula is C22H17N3O. The van der Waals surface area contributed by atoms with Crippen molar-refractivity contribution < 1.29 is 5.11 Å². The zero-order valence-electron chi connectivity index (χ0n) is 14.1. The highest BCUT2D eigenvalue weighted by Crippen LogP contribution is 2.27. The van der Waals surface area contributed by atoms with E-state index in [4.69, 9.17) is 0 Å². The minimum atomic E-state index is 0.156. The largest absolute Gasteiger partial charge is 0.507 e. The molecule has 0 aliphatic carbocycles. The van der Waals surface area contributed by atoms with E-state index in [9.17, 15) is 5.11 Å². The number of benzene rings is 3. The molecule has 4 heteroatoms. The molecule has 0 bridgehead atoms. The van der Waals surface area contributed by atoms with Crippen LogP contribution in [0.1, 0.15) is 11.4 Å². The van der Waals surface area contributed by atoms with E-state index in [1.54, 1.807) is 12.1 Å². The molecule has 0 amide bonds. The molecule has 0 atom stereocenters. The van der Waals surface area contributed by atoms with Crippen LogP contribution in [0.2, 0.25) is 0 Å². The van der Waals surface area contributed by atoms with Gasteiger partial charge in [-0.3, -0.25) is 0 Å². The number of aromatic nitrogens is 3. The summed E-state index contributed by atoms with van der Waals surface area (Å²) in [4.78, 5) is 13.8. The summed E-state index contributed by atoms with van der Waals surface area (Å²) in [5, 5.41) is 10.2. The van der Waals surface area contributed by atoms with Crippen molar-refractivity contribution >= 4 is 0 Å². The molecule has 0 spiro atoms. The minimum Gasteiger partial charge on any atom is -0.507 e. The van der Waals surface area contributed by atoms with Gasteiger partial charge in [0.2, 0.25) is 0 Å². The van der Waals surface area contributed by atoms with Crippen LogP contribution in [0.5, 0.6) is 5.75 Å². The first-order chi connectivity index (χ1) is 12.8. The molecular weight excluding hydrogens is 322 g/mol. The molecule has 0 saturated heterocycles. The molecule has 0 radical (unpaired) electrons. The third-order valence-corrected chi connectivity index (χ3v) is 4.06. The smallest absolute Gasteiger partial charge is 0.167 e. The molecule has 0 aliphatic rings. The summed E-state index contributed by atoms with van der Waals surface area (Å²) in [6.45, 7) is 0. The second-order valence-corrected chi connectivity index (χ2v) is 5.94. The molecule has 4 aromatic rings. The van der Waals surface area contributed by atoms with E-state index in [-0.39, 0.29) is 5.75 Å². The molecule has 4 rings (SSSR count). The van der Waals surface area contributed by atoms with E-state index in [0.717, 1.165) is 11.1 Å². The number of hydrogen-bond donors (Lipinski definition) is 1. The first kappa shape index (κ1) is 16.0. The third kappa shape index (κ3) is 3.44. The monoisotopic (exact) mass is 339 g/mol. The average molecular weight is 339 g/mol. The summed E-state index contributed by atoms with van der Waals surface area (Å²) >= 11 is 0. The van der Waals surface area contributed by atoms with Crippen molar-refractivity contribution in [3.63, 3.8) is 0 Å². The van der Waals surface area contributed by atoms with Gasteiger partial charge in [-0.05, 0) is 17.7 Å². The lowest BCUT2D eigenvalue weighted by molar-refractivity contribution is 0.477. The van der Waals surface area contributed by atoms with Gasteiger partial charge >= 0.3 is 0 Å². The molecule has 1 N–H and O–H groups in total. The van der Waals surface area contributed by atoms with Crippen molar-refractivity contribution in [3.05, 3.63) is 96.3 Å². The van der Waals surface area contributed by atoms with Crippen LogP contribution in [0.25, 0.3) is 22.8 Å².